The Morgan fingerprint density at radius 1 is 0.676 bits per heavy atom. The summed E-state index contributed by atoms with van der Waals surface area (Å²) in [4.78, 5) is 49.1. The van der Waals surface area contributed by atoms with E-state index < -0.39 is 22.8 Å². The molecule has 0 aliphatic heterocycles. The lowest BCUT2D eigenvalue weighted by Gasteiger charge is -2.59. The van der Waals surface area contributed by atoms with Gasteiger partial charge in [0.1, 0.15) is 0 Å². The van der Waals surface area contributed by atoms with Crippen molar-refractivity contribution in [3.05, 3.63) is 24.3 Å². The van der Waals surface area contributed by atoms with Gasteiger partial charge in [-0.25, -0.2) is 9.59 Å². The van der Waals surface area contributed by atoms with Crippen molar-refractivity contribution < 1.29 is 38.1 Å². The number of hydrogen-bond donors (Lipinski definition) is 0. The number of esters is 4. The van der Waals surface area contributed by atoms with Crippen molar-refractivity contribution in [3.8, 4) is 0 Å². The molecular formula is C26H36O8. The lowest BCUT2D eigenvalue weighted by molar-refractivity contribution is -0.194. The van der Waals surface area contributed by atoms with Gasteiger partial charge in [-0.15, -0.1) is 0 Å². The zero-order chi connectivity index (χ0) is 24.9. The van der Waals surface area contributed by atoms with Crippen LogP contribution in [-0.4, -0.2) is 50.3 Å². The van der Waals surface area contributed by atoms with Crippen molar-refractivity contribution in [1.82, 2.24) is 0 Å². The van der Waals surface area contributed by atoms with Gasteiger partial charge in [0.05, 0.1) is 37.3 Å². The van der Waals surface area contributed by atoms with Crippen LogP contribution < -0.4 is 0 Å². The highest BCUT2D eigenvalue weighted by Crippen LogP contribution is 2.66. The largest absolute Gasteiger partial charge is 0.465 e. The second kappa shape index (κ2) is 10.7. The molecule has 0 aromatic rings. The van der Waals surface area contributed by atoms with Gasteiger partial charge < -0.3 is 18.9 Å². The van der Waals surface area contributed by atoms with E-state index in [0.717, 1.165) is 32.1 Å². The van der Waals surface area contributed by atoms with Crippen molar-refractivity contribution in [2.75, 3.05) is 26.4 Å². The van der Waals surface area contributed by atoms with E-state index in [0.29, 0.717) is 42.2 Å². The zero-order valence-corrected chi connectivity index (χ0v) is 20.3. The number of ether oxygens (including phenoxy) is 4. The van der Waals surface area contributed by atoms with Gasteiger partial charge in [0, 0.05) is 24.0 Å². The molecule has 8 heteroatoms. The fourth-order valence-electron chi connectivity index (χ4n) is 6.07. The number of carbonyl (C=O) groups is 4. The third kappa shape index (κ3) is 5.88. The first-order valence-corrected chi connectivity index (χ1v) is 12.1. The molecule has 34 heavy (non-hydrogen) atoms. The van der Waals surface area contributed by atoms with Crippen molar-refractivity contribution in [2.45, 2.75) is 65.2 Å². The van der Waals surface area contributed by atoms with Crippen molar-refractivity contribution >= 4 is 23.9 Å². The van der Waals surface area contributed by atoms with Crippen LogP contribution >= 0.6 is 0 Å². The van der Waals surface area contributed by atoms with E-state index in [1.54, 1.807) is 13.8 Å². The SMILES string of the molecule is C=C(C)C(=O)OCCCOC(=O)C12CC3CC(C1)CC(C(=O)OCCCOC(=O)C(=C)C)(C3)C2. The first kappa shape index (κ1) is 26.0. The highest BCUT2D eigenvalue weighted by molar-refractivity contribution is 5.87. The van der Waals surface area contributed by atoms with Gasteiger partial charge in [-0.05, 0) is 64.2 Å². The topological polar surface area (TPSA) is 105 Å². The van der Waals surface area contributed by atoms with Crippen LogP contribution in [0.15, 0.2) is 24.3 Å². The summed E-state index contributed by atoms with van der Waals surface area (Å²) in [5.74, 6) is -0.791. The summed E-state index contributed by atoms with van der Waals surface area (Å²) in [6.45, 7) is 10.9. The third-order valence-electron chi connectivity index (χ3n) is 7.13. The van der Waals surface area contributed by atoms with Crippen LogP contribution in [0.1, 0.15) is 65.2 Å². The molecule has 0 spiro atoms. The predicted octanol–water partition coefficient (Wildman–Crippen LogP) is 3.68. The van der Waals surface area contributed by atoms with Crippen LogP contribution in [0.2, 0.25) is 0 Å². The van der Waals surface area contributed by atoms with Crippen LogP contribution in [0.5, 0.6) is 0 Å². The van der Waals surface area contributed by atoms with Gasteiger partial charge in [0.25, 0.3) is 0 Å². The normalized spacial score (nSPS) is 28.6. The standard InChI is InChI=1S/C26H36O8/c1-17(2)21(27)31-7-5-9-33-23(29)25-12-19-11-20(13-25)15-26(14-19,16-25)24(30)34-10-6-8-32-22(28)18(3)4/h19-20H,1,3,5-16H2,2,4H3. The second-order valence-corrected chi connectivity index (χ2v) is 10.3. The Balaban J connectivity index is 1.50. The van der Waals surface area contributed by atoms with E-state index in [1.807, 2.05) is 0 Å². The van der Waals surface area contributed by atoms with Crippen LogP contribution in [0.3, 0.4) is 0 Å². The smallest absolute Gasteiger partial charge is 0.333 e. The molecule has 8 nitrogen and oxygen atoms in total. The zero-order valence-electron chi connectivity index (χ0n) is 20.3. The second-order valence-electron chi connectivity index (χ2n) is 10.3. The maximum absolute atomic E-state index is 13.1. The van der Waals surface area contributed by atoms with E-state index in [1.165, 1.54) is 0 Å². The maximum Gasteiger partial charge on any atom is 0.333 e. The summed E-state index contributed by atoms with van der Waals surface area (Å²) >= 11 is 0. The molecule has 4 aliphatic carbocycles. The summed E-state index contributed by atoms with van der Waals surface area (Å²) < 4.78 is 21.3. The molecule has 0 saturated heterocycles. The Labute approximate surface area is 201 Å². The van der Waals surface area contributed by atoms with Gasteiger partial charge in [0.2, 0.25) is 0 Å². The van der Waals surface area contributed by atoms with Gasteiger partial charge >= 0.3 is 23.9 Å². The Morgan fingerprint density at radius 2 is 1.03 bits per heavy atom. The molecule has 0 heterocycles. The first-order valence-electron chi connectivity index (χ1n) is 12.1. The molecule has 0 atom stereocenters. The van der Waals surface area contributed by atoms with E-state index in [9.17, 15) is 19.2 Å². The monoisotopic (exact) mass is 476 g/mol. The summed E-state index contributed by atoms with van der Waals surface area (Å²) in [5, 5.41) is 0. The maximum atomic E-state index is 13.1. The Bertz CT molecular complexity index is 777. The molecule has 0 aromatic heterocycles. The van der Waals surface area contributed by atoms with Gasteiger partial charge in [0.15, 0.2) is 0 Å². The van der Waals surface area contributed by atoms with E-state index in [4.69, 9.17) is 18.9 Å². The molecule has 0 radical (unpaired) electrons. The fourth-order valence-corrected chi connectivity index (χ4v) is 6.07. The number of hydrogen-bond acceptors (Lipinski definition) is 8. The first-order chi connectivity index (χ1) is 16.1. The minimum absolute atomic E-state index is 0.162. The quantitative estimate of drug-likeness (QED) is 0.182. The van der Waals surface area contributed by atoms with Crippen LogP contribution in [0.25, 0.3) is 0 Å². The Kier molecular flexibility index (Phi) is 8.21. The van der Waals surface area contributed by atoms with Gasteiger partial charge in [-0.2, -0.15) is 0 Å². The van der Waals surface area contributed by atoms with E-state index in [2.05, 4.69) is 13.2 Å². The average Bonchev–Trinajstić information content (AvgIpc) is 2.76. The minimum Gasteiger partial charge on any atom is -0.465 e. The Morgan fingerprint density at radius 3 is 1.38 bits per heavy atom. The molecule has 4 bridgehead atoms. The average molecular weight is 477 g/mol. The predicted molar refractivity (Wildman–Crippen MR) is 122 cm³/mol. The summed E-state index contributed by atoms with van der Waals surface area (Å²) in [6, 6.07) is 0. The summed E-state index contributed by atoms with van der Waals surface area (Å²) in [5.41, 5.74) is -0.630. The molecule has 0 amide bonds. The molecule has 188 valence electrons. The van der Waals surface area contributed by atoms with E-state index in [-0.39, 0.29) is 38.4 Å². The van der Waals surface area contributed by atoms with Gasteiger partial charge in [-0.3, -0.25) is 9.59 Å². The van der Waals surface area contributed by atoms with Crippen LogP contribution in [0, 0.1) is 22.7 Å². The summed E-state index contributed by atoms with van der Waals surface area (Å²) in [7, 11) is 0. The molecule has 4 aliphatic rings. The van der Waals surface area contributed by atoms with Gasteiger partial charge in [-0.1, -0.05) is 13.2 Å². The van der Waals surface area contributed by atoms with Crippen LogP contribution in [-0.2, 0) is 38.1 Å². The molecule has 4 fully saturated rings. The fraction of sp³-hybridized carbons (Fsp3) is 0.692. The molecule has 4 rings (SSSR count). The lowest BCUT2D eigenvalue weighted by atomic mass is 9.44. The summed E-state index contributed by atoms with van der Waals surface area (Å²) in [6.07, 6.45) is 5.32. The van der Waals surface area contributed by atoms with Crippen molar-refractivity contribution in [1.29, 1.82) is 0 Å². The van der Waals surface area contributed by atoms with Crippen molar-refractivity contribution in [2.24, 2.45) is 22.7 Å². The molecule has 0 N–H and O–H groups in total. The molecule has 4 saturated carbocycles. The van der Waals surface area contributed by atoms with Crippen molar-refractivity contribution in [3.63, 3.8) is 0 Å². The molecule has 0 aromatic carbocycles. The minimum atomic E-state index is -0.644. The Hall–Kier alpha value is -2.64. The highest BCUT2D eigenvalue weighted by atomic mass is 16.6. The van der Waals surface area contributed by atoms with Crippen LogP contribution in [0.4, 0.5) is 0 Å². The molecule has 0 unspecified atom stereocenters. The molecular weight excluding hydrogens is 440 g/mol. The van der Waals surface area contributed by atoms with E-state index >= 15 is 0 Å². The number of rotatable bonds is 12. The third-order valence-corrected chi connectivity index (χ3v) is 7.13. The lowest BCUT2D eigenvalue weighted by Crippen LogP contribution is -2.58. The highest BCUT2D eigenvalue weighted by Gasteiger charge is 2.64. The number of carbonyl (C=O) groups excluding carboxylic acids is 4.